The molecule has 1 saturated heterocycles. The van der Waals surface area contributed by atoms with Crippen LogP contribution >= 0.6 is 0 Å². The molecule has 138 valence electrons. The molecule has 4 nitrogen and oxygen atoms in total. The highest BCUT2D eigenvalue weighted by molar-refractivity contribution is 5.89. The molecule has 0 bridgehead atoms. The van der Waals surface area contributed by atoms with Crippen molar-refractivity contribution in [3.05, 3.63) is 60.2 Å². The first-order valence-corrected chi connectivity index (χ1v) is 9.57. The van der Waals surface area contributed by atoms with Gasteiger partial charge in [-0.15, -0.1) is 0 Å². The average molecular weight is 352 g/mol. The van der Waals surface area contributed by atoms with Gasteiger partial charge in [0.2, 0.25) is 0 Å². The van der Waals surface area contributed by atoms with E-state index in [4.69, 9.17) is 4.74 Å². The van der Waals surface area contributed by atoms with Crippen LogP contribution in [0, 0.1) is 5.92 Å². The van der Waals surface area contributed by atoms with Gasteiger partial charge in [-0.25, -0.2) is 4.79 Å². The number of urea groups is 1. The second-order valence-corrected chi connectivity index (χ2v) is 6.84. The van der Waals surface area contributed by atoms with Crippen LogP contribution in [-0.4, -0.2) is 30.6 Å². The molecule has 26 heavy (non-hydrogen) atoms. The molecule has 2 amide bonds. The van der Waals surface area contributed by atoms with Crippen LogP contribution in [0.3, 0.4) is 0 Å². The average Bonchev–Trinajstić information content (AvgIpc) is 2.69. The Kier molecular flexibility index (Phi) is 6.53. The first-order chi connectivity index (χ1) is 12.7. The molecular formula is C22H28N2O2. The molecule has 2 aromatic carbocycles. The molecule has 4 heteroatoms. The smallest absolute Gasteiger partial charge is 0.321 e. The van der Waals surface area contributed by atoms with Crippen LogP contribution in [0.25, 0.3) is 0 Å². The number of carbonyl (C=O) groups excluding carboxylic acids is 1. The first kappa shape index (κ1) is 18.3. The Labute approximate surface area is 156 Å². The van der Waals surface area contributed by atoms with Gasteiger partial charge in [-0.2, -0.15) is 0 Å². The minimum Gasteiger partial charge on any atom is -0.494 e. The fraction of sp³-hybridized carbons (Fsp3) is 0.409. The third kappa shape index (κ3) is 5.25. The second-order valence-electron chi connectivity index (χ2n) is 6.84. The van der Waals surface area contributed by atoms with Gasteiger partial charge in [0.25, 0.3) is 0 Å². The number of amides is 2. The minimum absolute atomic E-state index is 0.0150. The molecule has 1 aliphatic heterocycles. The van der Waals surface area contributed by atoms with Gasteiger partial charge in [-0.05, 0) is 68.4 Å². The van der Waals surface area contributed by atoms with Crippen LogP contribution in [0.15, 0.2) is 54.6 Å². The van der Waals surface area contributed by atoms with Gasteiger partial charge < -0.3 is 15.0 Å². The zero-order valence-corrected chi connectivity index (χ0v) is 15.5. The van der Waals surface area contributed by atoms with E-state index in [1.807, 2.05) is 42.2 Å². The van der Waals surface area contributed by atoms with Crippen LogP contribution in [0.1, 0.15) is 31.7 Å². The van der Waals surface area contributed by atoms with Gasteiger partial charge in [-0.3, -0.25) is 0 Å². The summed E-state index contributed by atoms with van der Waals surface area (Å²) in [6.45, 7) is 4.38. The summed E-state index contributed by atoms with van der Waals surface area (Å²) in [5.41, 5.74) is 2.22. The van der Waals surface area contributed by atoms with Crippen LogP contribution in [0.4, 0.5) is 10.5 Å². The van der Waals surface area contributed by atoms with Gasteiger partial charge in [0.1, 0.15) is 5.75 Å². The summed E-state index contributed by atoms with van der Waals surface area (Å²) in [7, 11) is 0. The van der Waals surface area contributed by atoms with Crippen LogP contribution in [0.2, 0.25) is 0 Å². The van der Waals surface area contributed by atoms with Crippen molar-refractivity contribution in [3.63, 3.8) is 0 Å². The molecular weight excluding hydrogens is 324 g/mol. The Hall–Kier alpha value is -2.49. The largest absolute Gasteiger partial charge is 0.494 e. The lowest BCUT2D eigenvalue weighted by Gasteiger charge is -2.32. The van der Waals surface area contributed by atoms with Crippen LogP contribution < -0.4 is 10.1 Å². The third-order valence-electron chi connectivity index (χ3n) is 5.00. The predicted octanol–water partition coefficient (Wildman–Crippen LogP) is 4.96. The Morgan fingerprint density at radius 2 is 1.77 bits per heavy atom. The quantitative estimate of drug-likeness (QED) is 0.798. The van der Waals surface area contributed by atoms with E-state index in [2.05, 4.69) is 29.6 Å². The van der Waals surface area contributed by atoms with Gasteiger partial charge in [0.05, 0.1) is 6.61 Å². The van der Waals surface area contributed by atoms with Crippen LogP contribution in [-0.2, 0) is 6.42 Å². The first-order valence-electron chi connectivity index (χ1n) is 9.57. The van der Waals surface area contributed by atoms with Crippen molar-refractivity contribution in [2.45, 2.75) is 32.6 Å². The van der Waals surface area contributed by atoms with Gasteiger partial charge >= 0.3 is 6.03 Å². The molecule has 0 saturated carbocycles. The summed E-state index contributed by atoms with van der Waals surface area (Å²) < 4.78 is 5.49. The number of carbonyl (C=O) groups is 1. The molecule has 0 atom stereocenters. The van der Waals surface area contributed by atoms with Crippen molar-refractivity contribution in [3.8, 4) is 5.75 Å². The molecule has 0 radical (unpaired) electrons. The number of aryl methyl sites for hydroxylation is 1. The summed E-state index contributed by atoms with van der Waals surface area (Å²) >= 11 is 0. The second kappa shape index (κ2) is 9.27. The number of nitrogens with zero attached hydrogens (tertiary/aromatic N) is 1. The lowest BCUT2D eigenvalue weighted by molar-refractivity contribution is 0.180. The van der Waals surface area contributed by atoms with Gasteiger partial charge in [0.15, 0.2) is 0 Å². The number of ether oxygens (including phenoxy) is 1. The Morgan fingerprint density at radius 1 is 1.08 bits per heavy atom. The number of hydrogen-bond donors (Lipinski definition) is 1. The minimum atomic E-state index is 0.0150. The molecule has 1 aliphatic rings. The van der Waals surface area contributed by atoms with Crippen molar-refractivity contribution in [2.24, 2.45) is 5.92 Å². The monoisotopic (exact) mass is 352 g/mol. The zero-order valence-electron chi connectivity index (χ0n) is 15.5. The Bertz CT molecular complexity index is 677. The highest BCUT2D eigenvalue weighted by Gasteiger charge is 2.22. The Balaban J connectivity index is 1.40. The number of nitrogens with one attached hydrogen (secondary N) is 1. The standard InChI is InChI=1S/C22H28N2O2/c1-2-26-21-12-10-18(11-13-21)8-9-19-14-16-24(17-15-19)22(25)23-20-6-4-3-5-7-20/h3-7,10-13,19H,2,8-9,14-17H2,1H3,(H,23,25). The lowest BCUT2D eigenvalue weighted by atomic mass is 9.90. The maximum atomic E-state index is 12.3. The summed E-state index contributed by atoms with van der Waals surface area (Å²) in [6, 6.07) is 18.1. The number of anilines is 1. The highest BCUT2D eigenvalue weighted by Crippen LogP contribution is 2.23. The number of benzene rings is 2. The molecule has 2 aromatic rings. The van der Waals surface area contributed by atoms with Gasteiger partial charge in [-0.1, -0.05) is 30.3 Å². The molecule has 0 aliphatic carbocycles. The lowest BCUT2D eigenvalue weighted by Crippen LogP contribution is -2.41. The van der Waals surface area contributed by atoms with Crippen LogP contribution in [0.5, 0.6) is 5.75 Å². The molecule has 1 N–H and O–H groups in total. The van der Waals surface area contributed by atoms with E-state index in [0.29, 0.717) is 12.5 Å². The van der Waals surface area contributed by atoms with Crippen molar-refractivity contribution in [2.75, 3.05) is 25.0 Å². The predicted molar refractivity (Wildman–Crippen MR) is 106 cm³/mol. The van der Waals surface area contributed by atoms with E-state index in [1.54, 1.807) is 0 Å². The normalized spacial score (nSPS) is 14.9. The fourth-order valence-corrected chi connectivity index (χ4v) is 3.44. The van der Waals surface area contributed by atoms with Crippen molar-refractivity contribution < 1.29 is 9.53 Å². The molecule has 0 aromatic heterocycles. The van der Waals surface area contributed by atoms with Crippen molar-refractivity contribution >= 4 is 11.7 Å². The molecule has 0 unspecified atom stereocenters. The molecule has 1 heterocycles. The number of rotatable bonds is 6. The molecule has 1 fully saturated rings. The summed E-state index contributed by atoms with van der Waals surface area (Å²) in [4.78, 5) is 14.3. The SMILES string of the molecule is CCOc1ccc(CCC2CCN(C(=O)Nc3ccccc3)CC2)cc1. The molecule has 3 rings (SSSR count). The maximum Gasteiger partial charge on any atom is 0.321 e. The number of piperidine rings is 1. The van der Waals surface area contributed by atoms with Crippen molar-refractivity contribution in [1.29, 1.82) is 0 Å². The van der Waals surface area contributed by atoms with E-state index in [1.165, 1.54) is 12.0 Å². The van der Waals surface area contributed by atoms with E-state index in [-0.39, 0.29) is 6.03 Å². The van der Waals surface area contributed by atoms with E-state index < -0.39 is 0 Å². The number of likely N-dealkylation sites (tertiary alicyclic amines) is 1. The number of hydrogen-bond acceptors (Lipinski definition) is 2. The summed E-state index contributed by atoms with van der Waals surface area (Å²) in [5.74, 6) is 1.64. The maximum absolute atomic E-state index is 12.3. The topological polar surface area (TPSA) is 41.6 Å². The fourth-order valence-electron chi connectivity index (χ4n) is 3.44. The van der Waals surface area contributed by atoms with Gasteiger partial charge in [0, 0.05) is 18.8 Å². The Morgan fingerprint density at radius 3 is 2.42 bits per heavy atom. The summed E-state index contributed by atoms with van der Waals surface area (Å²) in [5, 5.41) is 2.98. The van der Waals surface area contributed by atoms with E-state index in [0.717, 1.165) is 43.8 Å². The summed E-state index contributed by atoms with van der Waals surface area (Å²) in [6.07, 6.45) is 4.44. The van der Waals surface area contributed by atoms with Crippen molar-refractivity contribution in [1.82, 2.24) is 4.90 Å². The molecule has 0 spiro atoms. The highest BCUT2D eigenvalue weighted by atomic mass is 16.5. The zero-order chi connectivity index (χ0) is 18.2. The van der Waals surface area contributed by atoms with E-state index in [9.17, 15) is 4.79 Å². The number of para-hydroxylation sites is 1. The third-order valence-corrected chi connectivity index (χ3v) is 5.00. The van der Waals surface area contributed by atoms with E-state index >= 15 is 0 Å².